The molecule has 1 heterocycles. The number of benzene rings is 2. The van der Waals surface area contributed by atoms with Crippen LogP contribution in [0.5, 0.6) is 0 Å². The zero-order valence-corrected chi connectivity index (χ0v) is 37.6. The number of aliphatic hydroxyl groups excluding tert-OH is 3. The summed E-state index contributed by atoms with van der Waals surface area (Å²) in [6.07, 6.45) is -14.1. The molecule has 3 fully saturated rings. The van der Waals surface area contributed by atoms with Crippen LogP contribution in [0.4, 0.5) is 0 Å². The molecule has 2 aromatic carbocycles. The number of nitrogens with one attached hydrogen (secondary N) is 1. The lowest BCUT2D eigenvalue weighted by Gasteiger charge is -2.67. The van der Waals surface area contributed by atoms with E-state index in [0.29, 0.717) is 0 Å². The number of carboxylic acids is 1. The highest BCUT2D eigenvalue weighted by Gasteiger charge is 2.78. The molecule has 2 saturated carbocycles. The predicted octanol–water partition coefficient (Wildman–Crippen LogP) is 2.83. The van der Waals surface area contributed by atoms with Crippen molar-refractivity contribution in [3.05, 3.63) is 82.9 Å². The van der Waals surface area contributed by atoms with Gasteiger partial charge in [0, 0.05) is 25.2 Å². The lowest BCUT2D eigenvalue weighted by atomic mass is 9.44. The summed E-state index contributed by atoms with van der Waals surface area (Å²) < 4.78 is 35.8. The molecular weight excluding hydrogens is 851 g/mol. The number of carboxylic acid groups (broad SMARTS) is 1. The fourth-order valence-corrected chi connectivity index (χ4v) is 10.2. The Labute approximate surface area is 376 Å². The molecule has 2 bridgehead atoms. The Balaban J connectivity index is 1.52. The minimum Gasteiger partial charge on any atom is -0.481 e. The van der Waals surface area contributed by atoms with Gasteiger partial charge in [0.05, 0.1) is 54.1 Å². The second-order valence-electron chi connectivity index (χ2n) is 19.0. The van der Waals surface area contributed by atoms with Gasteiger partial charge in [-0.3, -0.25) is 24.5 Å². The SMILES string of the molecule is CC(=O)O[C@@]12CO[C@@H]1C[C@H](O)[C@@]1(C)C(=O)[C@H](O)C3=C(C)[C@@H](OC(=O)[C@H](OC(=O)CCC(=O)O)[C@@H](NC(O)OC(C)(C)C)c4ccccc4)C[C@@](O)([C@@H](OC(=O)c4ccccc4)[C@H]21)C3(C)C. The maximum Gasteiger partial charge on any atom is 0.350 e. The Morgan fingerprint density at radius 3 is 2.11 bits per heavy atom. The van der Waals surface area contributed by atoms with Crippen molar-refractivity contribution in [3.63, 3.8) is 0 Å². The molecule has 1 saturated heterocycles. The van der Waals surface area contributed by atoms with Gasteiger partial charge in [-0.25, -0.2) is 9.59 Å². The first-order valence-corrected chi connectivity index (χ1v) is 21.5. The number of ether oxygens (including phenoxy) is 6. The number of hydrogen-bond acceptors (Lipinski definition) is 17. The van der Waals surface area contributed by atoms with E-state index in [0.717, 1.165) is 6.92 Å². The third-order valence-corrected chi connectivity index (χ3v) is 13.5. The second-order valence-corrected chi connectivity index (χ2v) is 19.0. The van der Waals surface area contributed by atoms with E-state index >= 15 is 4.79 Å². The van der Waals surface area contributed by atoms with Crippen LogP contribution >= 0.6 is 0 Å². The van der Waals surface area contributed by atoms with E-state index in [-0.39, 0.29) is 35.3 Å². The lowest BCUT2D eigenvalue weighted by molar-refractivity contribution is -0.346. The van der Waals surface area contributed by atoms with E-state index in [1.54, 1.807) is 69.3 Å². The summed E-state index contributed by atoms with van der Waals surface area (Å²) in [7, 11) is 0. The molecule has 3 aliphatic carbocycles. The number of hydrogen-bond donors (Lipinski definition) is 6. The monoisotopic (exact) mass is 909 g/mol. The molecule has 18 heteroatoms. The van der Waals surface area contributed by atoms with Crippen molar-refractivity contribution in [3.8, 4) is 0 Å². The highest BCUT2D eigenvalue weighted by Crippen LogP contribution is 2.64. The van der Waals surface area contributed by atoms with Crippen LogP contribution in [0, 0.1) is 16.7 Å². The summed E-state index contributed by atoms with van der Waals surface area (Å²) >= 11 is 0. The Morgan fingerprint density at radius 1 is 0.938 bits per heavy atom. The van der Waals surface area contributed by atoms with Gasteiger partial charge in [-0.15, -0.1) is 0 Å². The standard InChI is InChI=1S/C47H59NO17/c1-24-28(61-41(57)36(62-32(53)20-19-31(51)52)34(26-15-11-9-12-16-26)48-42(58)65-43(3,4)5)22-47(59)39(63-40(56)27-17-13-10-14-18-27)37-45(8,38(55)35(54)33(24)44(47,6)7)29(50)21-30-46(37,23-60-30)64-25(2)49/h9-18,28-30,34-37,39,42,48,50,54,58-59H,19-23H2,1-8H3,(H,51,52)/t28-,29-,30+,34-,35+,36+,37-,39-,42?,45+,46-,47+/m0/s1. The molecule has 18 nitrogen and oxygen atoms in total. The first kappa shape index (κ1) is 49.4. The first-order chi connectivity index (χ1) is 30.3. The van der Waals surface area contributed by atoms with Crippen molar-refractivity contribution in [1.82, 2.24) is 5.32 Å². The number of esters is 4. The molecule has 6 N–H and O–H groups in total. The van der Waals surface area contributed by atoms with Crippen LogP contribution in [0.2, 0.25) is 0 Å². The Morgan fingerprint density at radius 2 is 1.55 bits per heavy atom. The fraction of sp³-hybridized carbons (Fsp3) is 0.574. The molecule has 0 amide bonds. The van der Waals surface area contributed by atoms with E-state index in [4.69, 9.17) is 28.4 Å². The summed E-state index contributed by atoms with van der Waals surface area (Å²) in [5.41, 5.74) is -8.66. The van der Waals surface area contributed by atoms with Crippen molar-refractivity contribution >= 4 is 35.6 Å². The Kier molecular flexibility index (Phi) is 13.9. The van der Waals surface area contributed by atoms with E-state index in [1.807, 2.05) is 0 Å². The number of aliphatic hydroxyl groups is 4. The van der Waals surface area contributed by atoms with Gasteiger partial charge in [-0.2, -0.15) is 0 Å². The molecule has 0 spiro atoms. The van der Waals surface area contributed by atoms with Crippen LogP contribution in [0.1, 0.15) is 103 Å². The molecule has 1 aliphatic heterocycles. The second kappa shape index (κ2) is 18.3. The molecule has 0 radical (unpaired) electrons. The smallest absolute Gasteiger partial charge is 0.350 e. The maximum atomic E-state index is 15.1. The summed E-state index contributed by atoms with van der Waals surface area (Å²) in [6, 6.07) is 14.3. The molecule has 65 heavy (non-hydrogen) atoms. The number of fused-ring (bicyclic) bond motifs is 5. The van der Waals surface area contributed by atoms with Gasteiger partial charge in [0.25, 0.3) is 0 Å². The highest BCUT2D eigenvalue weighted by atomic mass is 16.6. The van der Waals surface area contributed by atoms with Gasteiger partial charge in [-0.1, -0.05) is 62.4 Å². The third-order valence-electron chi connectivity index (χ3n) is 13.5. The Bertz CT molecular complexity index is 2190. The van der Waals surface area contributed by atoms with Crippen LogP contribution in [0.3, 0.4) is 0 Å². The third kappa shape index (κ3) is 9.22. The van der Waals surface area contributed by atoms with Crippen molar-refractivity contribution in [2.24, 2.45) is 16.7 Å². The first-order valence-electron chi connectivity index (χ1n) is 21.5. The molecule has 354 valence electrons. The predicted molar refractivity (Wildman–Crippen MR) is 225 cm³/mol. The van der Waals surface area contributed by atoms with Gasteiger partial charge >= 0.3 is 29.8 Å². The zero-order chi connectivity index (χ0) is 48.0. The summed E-state index contributed by atoms with van der Waals surface area (Å²) in [5, 5.41) is 61.1. The number of Topliss-reactive ketones (excluding diaryl/α,β-unsaturated/α-hetero) is 1. The summed E-state index contributed by atoms with van der Waals surface area (Å²) in [4.78, 5) is 81.9. The zero-order valence-electron chi connectivity index (χ0n) is 37.6. The molecule has 6 rings (SSSR count). The number of ketones is 1. The normalized spacial score (nSPS) is 31.8. The van der Waals surface area contributed by atoms with E-state index in [1.165, 1.54) is 39.8 Å². The van der Waals surface area contributed by atoms with Gasteiger partial charge in [0.1, 0.15) is 30.0 Å². The van der Waals surface area contributed by atoms with E-state index in [2.05, 4.69) is 5.32 Å². The average molecular weight is 910 g/mol. The van der Waals surface area contributed by atoms with Crippen LogP contribution in [0.25, 0.3) is 0 Å². The van der Waals surface area contributed by atoms with Crippen LogP contribution in [-0.2, 0) is 52.4 Å². The largest absolute Gasteiger partial charge is 0.481 e. The number of carbonyl (C=O) groups is 6. The minimum atomic E-state index is -2.45. The topological polar surface area (TPSA) is 271 Å². The van der Waals surface area contributed by atoms with Crippen LogP contribution < -0.4 is 5.32 Å². The van der Waals surface area contributed by atoms with Crippen molar-refractivity contribution in [1.29, 1.82) is 0 Å². The fourth-order valence-electron chi connectivity index (χ4n) is 10.2. The molecule has 1 unspecified atom stereocenters. The van der Waals surface area contributed by atoms with Crippen LogP contribution in [0.15, 0.2) is 71.8 Å². The Hall–Kier alpha value is -5.08. The maximum absolute atomic E-state index is 15.1. The van der Waals surface area contributed by atoms with Gasteiger partial charge < -0.3 is 54.0 Å². The summed E-state index contributed by atoms with van der Waals surface area (Å²) in [6.45, 7) is 11.6. The van der Waals surface area contributed by atoms with Crippen LogP contribution in [-0.4, -0.2) is 128 Å². The van der Waals surface area contributed by atoms with Gasteiger partial charge in [0.15, 0.2) is 11.4 Å². The molecular formula is C47H59NO17. The average Bonchev–Trinajstić information content (AvgIpc) is 3.22. The van der Waals surface area contributed by atoms with Gasteiger partial charge in [-0.05, 0) is 63.5 Å². The van der Waals surface area contributed by atoms with Gasteiger partial charge in [0.2, 0.25) is 12.5 Å². The van der Waals surface area contributed by atoms with E-state index < -0.39 is 138 Å². The highest BCUT2D eigenvalue weighted by molar-refractivity contribution is 5.94. The van der Waals surface area contributed by atoms with Crippen molar-refractivity contribution < 1.29 is 82.7 Å². The molecule has 0 aromatic heterocycles. The summed E-state index contributed by atoms with van der Waals surface area (Å²) in [5.74, 6) is -8.04. The lowest BCUT2D eigenvalue weighted by Crippen LogP contribution is -2.81. The number of aliphatic carboxylic acids is 1. The molecule has 4 aliphatic rings. The molecule has 12 atom stereocenters. The quantitative estimate of drug-likeness (QED) is 0.0688. The van der Waals surface area contributed by atoms with Crippen molar-refractivity contribution in [2.75, 3.05) is 6.61 Å². The van der Waals surface area contributed by atoms with E-state index in [9.17, 15) is 49.5 Å². The molecule has 2 aromatic rings. The minimum absolute atomic E-state index is 0.0405. The number of carbonyl (C=O) groups excluding carboxylic acids is 5. The van der Waals surface area contributed by atoms with Crippen molar-refractivity contribution in [2.45, 2.75) is 147 Å². The number of rotatable bonds is 14.